The van der Waals surface area contributed by atoms with Gasteiger partial charge in [0.1, 0.15) is 18.0 Å². The van der Waals surface area contributed by atoms with Crippen LogP contribution in [0.2, 0.25) is 0 Å². The van der Waals surface area contributed by atoms with Gasteiger partial charge in [0, 0.05) is 36.6 Å². The normalized spacial score (nSPS) is 24.1. The Bertz CT molecular complexity index is 1500. The van der Waals surface area contributed by atoms with Gasteiger partial charge in [0.15, 0.2) is 0 Å². The van der Waals surface area contributed by atoms with Crippen LogP contribution in [-0.2, 0) is 17.7 Å². The van der Waals surface area contributed by atoms with E-state index in [1.165, 1.54) is 23.2 Å². The van der Waals surface area contributed by atoms with Gasteiger partial charge >= 0.3 is 12.1 Å². The molecule has 4 aliphatic rings. The van der Waals surface area contributed by atoms with E-state index < -0.39 is 5.60 Å². The fraction of sp³-hybridized carbons (Fsp3) is 0.625. The summed E-state index contributed by atoms with van der Waals surface area (Å²) in [5.74, 6) is 0.971. The topological polar surface area (TPSA) is 103 Å². The Labute approximate surface area is 253 Å². The monoisotopic (exact) mass is 588 g/mol. The van der Waals surface area contributed by atoms with E-state index >= 15 is 0 Å². The minimum atomic E-state index is -0.510. The van der Waals surface area contributed by atoms with E-state index in [4.69, 9.17) is 19.4 Å². The predicted molar refractivity (Wildman–Crippen MR) is 166 cm³/mol. The molecule has 6 heterocycles. The molecule has 2 bridgehead atoms. The van der Waals surface area contributed by atoms with Crippen LogP contribution < -0.4 is 14.5 Å². The number of anilines is 2. The molecule has 1 aromatic carbocycles. The first kappa shape index (κ1) is 28.2. The molecule has 2 unspecified atom stereocenters. The highest BCUT2D eigenvalue weighted by Gasteiger charge is 2.45. The molecule has 3 aromatic rings. The van der Waals surface area contributed by atoms with Gasteiger partial charge in [0.05, 0.1) is 41.7 Å². The lowest BCUT2D eigenvalue weighted by molar-refractivity contribution is 0.0122. The first-order valence-electron chi connectivity index (χ1n) is 15.8. The number of likely N-dealkylation sites (tertiary alicyclic amines) is 1. The zero-order chi connectivity index (χ0) is 29.9. The van der Waals surface area contributed by atoms with Gasteiger partial charge in [-0.25, -0.2) is 4.79 Å². The molecule has 3 atom stereocenters. The average molecular weight is 589 g/mol. The van der Waals surface area contributed by atoms with E-state index in [0.717, 1.165) is 74.3 Å². The van der Waals surface area contributed by atoms with E-state index in [1.807, 2.05) is 31.9 Å². The summed E-state index contributed by atoms with van der Waals surface area (Å²) >= 11 is 0. The Kier molecular flexibility index (Phi) is 7.10. The standard InChI is InChI=1S/C32H44N8O3/c1-20-8-11-26-25(15-33-36-26)28(20)38-14-12-24-27(18-38)34-30(42-19-23-7-6-13-37(23)5)35-29(24)39-16-21-9-10-22(17-39)40(21)31(41)43-32(2,3)4/h8,11,15,21-23H,6-7,9-10,12-14,16-19H2,1-5H3,(H,33,36)/t21?,22?,23-/m0/s1. The summed E-state index contributed by atoms with van der Waals surface area (Å²) in [5, 5.41) is 8.57. The number of nitrogens with zero attached hydrogens (tertiary/aromatic N) is 7. The van der Waals surface area contributed by atoms with Crippen LogP contribution >= 0.6 is 0 Å². The Morgan fingerprint density at radius 3 is 2.58 bits per heavy atom. The second-order valence-electron chi connectivity index (χ2n) is 13.8. The van der Waals surface area contributed by atoms with Gasteiger partial charge < -0.3 is 24.2 Å². The number of nitrogens with one attached hydrogen (secondary N) is 1. The predicted octanol–water partition coefficient (Wildman–Crippen LogP) is 4.29. The number of carbonyl (C=O) groups is 1. The second kappa shape index (κ2) is 10.8. The third kappa shape index (κ3) is 5.36. The van der Waals surface area contributed by atoms with Crippen LogP contribution in [0.3, 0.4) is 0 Å². The van der Waals surface area contributed by atoms with Crippen LogP contribution in [0.15, 0.2) is 18.3 Å². The quantitative estimate of drug-likeness (QED) is 0.468. The number of piperazine rings is 1. The number of likely N-dealkylation sites (N-methyl/N-ethyl adjacent to an activating group) is 1. The average Bonchev–Trinajstić information content (AvgIpc) is 3.67. The van der Waals surface area contributed by atoms with Gasteiger partial charge in [-0.3, -0.25) is 10.00 Å². The Balaban J connectivity index is 1.19. The molecule has 4 aliphatic heterocycles. The van der Waals surface area contributed by atoms with Crippen molar-refractivity contribution < 1.29 is 14.3 Å². The van der Waals surface area contributed by atoms with E-state index in [-0.39, 0.29) is 18.2 Å². The lowest BCUT2D eigenvalue weighted by Crippen LogP contribution is -2.57. The van der Waals surface area contributed by atoms with Crippen molar-refractivity contribution >= 4 is 28.5 Å². The molecule has 3 fully saturated rings. The number of aromatic amines is 1. The third-order valence-electron chi connectivity index (χ3n) is 9.60. The minimum absolute atomic E-state index is 0.108. The Morgan fingerprint density at radius 1 is 1.07 bits per heavy atom. The molecule has 230 valence electrons. The van der Waals surface area contributed by atoms with Crippen molar-refractivity contribution in [1.82, 2.24) is 30.0 Å². The van der Waals surface area contributed by atoms with Crippen LogP contribution in [-0.4, -0.2) is 99.6 Å². The molecule has 0 aliphatic carbocycles. The van der Waals surface area contributed by atoms with Crippen molar-refractivity contribution in [1.29, 1.82) is 0 Å². The van der Waals surface area contributed by atoms with Gasteiger partial charge in [-0.05, 0) is 85.0 Å². The molecule has 1 amide bonds. The van der Waals surface area contributed by atoms with E-state index in [2.05, 4.69) is 51.0 Å². The molecule has 0 saturated carbocycles. The van der Waals surface area contributed by atoms with E-state index in [9.17, 15) is 4.79 Å². The summed E-state index contributed by atoms with van der Waals surface area (Å²) in [5.41, 5.74) is 5.18. The van der Waals surface area contributed by atoms with Crippen molar-refractivity contribution in [3.05, 3.63) is 35.2 Å². The lowest BCUT2D eigenvalue weighted by Gasteiger charge is -2.43. The number of rotatable bonds is 5. The number of hydrogen-bond acceptors (Lipinski definition) is 9. The first-order chi connectivity index (χ1) is 20.6. The van der Waals surface area contributed by atoms with Crippen LogP contribution in [0.4, 0.5) is 16.3 Å². The van der Waals surface area contributed by atoms with Gasteiger partial charge in [-0.15, -0.1) is 0 Å². The molecule has 1 N–H and O–H groups in total. The fourth-order valence-electron chi connectivity index (χ4n) is 7.49. The lowest BCUT2D eigenvalue weighted by atomic mass is 10.0. The van der Waals surface area contributed by atoms with E-state index in [0.29, 0.717) is 25.2 Å². The first-order valence-corrected chi connectivity index (χ1v) is 15.8. The number of ether oxygens (including phenoxy) is 2. The summed E-state index contributed by atoms with van der Waals surface area (Å²) in [7, 11) is 2.16. The van der Waals surface area contributed by atoms with E-state index in [1.54, 1.807) is 0 Å². The van der Waals surface area contributed by atoms with Crippen molar-refractivity contribution in [2.24, 2.45) is 0 Å². The molecule has 0 spiro atoms. The van der Waals surface area contributed by atoms with Crippen molar-refractivity contribution in [3.8, 4) is 6.01 Å². The molecule has 43 heavy (non-hydrogen) atoms. The highest BCUT2D eigenvalue weighted by atomic mass is 16.6. The zero-order valence-electron chi connectivity index (χ0n) is 26.1. The van der Waals surface area contributed by atoms with Gasteiger partial charge in [0.25, 0.3) is 0 Å². The highest BCUT2D eigenvalue weighted by Crippen LogP contribution is 2.39. The fourth-order valence-corrected chi connectivity index (χ4v) is 7.49. The smallest absolute Gasteiger partial charge is 0.410 e. The number of carbonyl (C=O) groups excluding carboxylic acids is 1. The Hall–Kier alpha value is -3.60. The Morgan fingerprint density at radius 2 is 1.86 bits per heavy atom. The van der Waals surface area contributed by atoms with Crippen molar-refractivity contribution in [2.45, 2.75) is 90.1 Å². The minimum Gasteiger partial charge on any atom is -0.462 e. The summed E-state index contributed by atoms with van der Waals surface area (Å²) < 4.78 is 12.1. The molecule has 11 nitrogen and oxygen atoms in total. The molecule has 3 saturated heterocycles. The SMILES string of the molecule is Cc1ccc2[nH]ncc2c1N1CCc2c(nc(OC[C@@H]3CCCN3C)nc2N2CC3CCC(C2)N3C(=O)OC(C)(C)C)C1. The maximum absolute atomic E-state index is 13.1. The van der Waals surface area contributed by atoms with Gasteiger partial charge in [0.2, 0.25) is 0 Å². The largest absolute Gasteiger partial charge is 0.462 e. The molecule has 11 heteroatoms. The maximum atomic E-state index is 13.1. The van der Waals surface area contributed by atoms with Crippen molar-refractivity contribution in [2.75, 3.05) is 49.6 Å². The summed E-state index contributed by atoms with van der Waals surface area (Å²) in [6, 6.07) is 5.30. The number of fused-ring (bicyclic) bond motifs is 4. The number of aryl methyl sites for hydroxylation is 1. The van der Waals surface area contributed by atoms with Gasteiger partial charge in [-0.2, -0.15) is 15.1 Å². The summed E-state index contributed by atoms with van der Waals surface area (Å²) in [4.78, 5) is 32.4. The van der Waals surface area contributed by atoms with Crippen LogP contribution in [0.1, 0.15) is 63.3 Å². The summed E-state index contributed by atoms with van der Waals surface area (Å²) in [6.45, 7) is 12.7. The summed E-state index contributed by atoms with van der Waals surface area (Å²) in [6.07, 6.45) is 6.84. The molecular weight excluding hydrogens is 544 g/mol. The van der Waals surface area contributed by atoms with Crippen LogP contribution in [0.5, 0.6) is 6.01 Å². The number of H-pyrrole nitrogens is 1. The number of benzene rings is 1. The molecule has 2 aromatic heterocycles. The van der Waals surface area contributed by atoms with Crippen molar-refractivity contribution in [3.63, 3.8) is 0 Å². The second-order valence-corrected chi connectivity index (χ2v) is 13.8. The zero-order valence-corrected chi connectivity index (χ0v) is 26.1. The van der Waals surface area contributed by atoms with Gasteiger partial charge in [-0.1, -0.05) is 6.07 Å². The third-order valence-corrected chi connectivity index (χ3v) is 9.60. The number of hydrogen-bond donors (Lipinski definition) is 1. The molecular formula is C32H44N8O3. The highest BCUT2D eigenvalue weighted by molar-refractivity contribution is 5.93. The number of aromatic nitrogens is 4. The number of amides is 1. The van der Waals surface area contributed by atoms with Crippen LogP contribution in [0.25, 0.3) is 10.9 Å². The molecule has 7 rings (SSSR count). The molecule has 0 radical (unpaired) electrons. The van der Waals surface area contributed by atoms with Crippen LogP contribution in [0, 0.1) is 6.92 Å². The maximum Gasteiger partial charge on any atom is 0.410 e.